The Balaban J connectivity index is 2.73. The Labute approximate surface area is 72.0 Å². The van der Waals surface area contributed by atoms with E-state index in [4.69, 9.17) is 9.84 Å². The van der Waals surface area contributed by atoms with E-state index in [1.165, 1.54) is 0 Å². The van der Waals surface area contributed by atoms with Crippen LogP contribution in [0.3, 0.4) is 0 Å². The van der Waals surface area contributed by atoms with Gasteiger partial charge in [-0.25, -0.2) is 4.79 Å². The fourth-order valence-corrected chi connectivity index (χ4v) is 1.49. The van der Waals surface area contributed by atoms with E-state index in [9.17, 15) is 4.79 Å². The minimum absolute atomic E-state index is 0.204. The smallest absolute Gasteiger partial charge is 0.333 e. The van der Waals surface area contributed by atoms with E-state index >= 15 is 0 Å². The van der Waals surface area contributed by atoms with Crippen molar-refractivity contribution in [2.75, 3.05) is 7.11 Å². The minimum atomic E-state index is -0.844. The average molecular weight is 170 g/mol. The molecule has 1 rings (SSSR count). The van der Waals surface area contributed by atoms with Crippen molar-refractivity contribution in [1.29, 1.82) is 0 Å². The molecule has 0 fully saturated rings. The molecule has 0 spiro atoms. The molecule has 0 aromatic heterocycles. The molecular formula is C9H14O3. The lowest BCUT2D eigenvalue weighted by atomic mass is 10.1. The molecule has 0 radical (unpaired) electrons. The molecule has 1 aliphatic carbocycles. The van der Waals surface area contributed by atoms with Gasteiger partial charge >= 0.3 is 5.97 Å². The summed E-state index contributed by atoms with van der Waals surface area (Å²) >= 11 is 0. The van der Waals surface area contributed by atoms with Crippen LogP contribution in [0.15, 0.2) is 11.6 Å². The summed E-state index contributed by atoms with van der Waals surface area (Å²) in [6.07, 6.45) is 5.38. The summed E-state index contributed by atoms with van der Waals surface area (Å²) in [6, 6.07) is 0. The number of carboxylic acid groups (broad SMARTS) is 1. The predicted molar refractivity (Wildman–Crippen MR) is 45.0 cm³/mol. The van der Waals surface area contributed by atoms with Gasteiger partial charge in [-0.3, -0.25) is 0 Å². The van der Waals surface area contributed by atoms with Crippen molar-refractivity contribution in [3.05, 3.63) is 11.6 Å². The van der Waals surface area contributed by atoms with E-state index in [1.54, 1.807) is 13.2 Å². The van der Waals surface area contributed by atoms with Crippen LogP contribution in [-0.2, 0) is 9.53 Å². The van der Waals surface area contributed by atoms with E-state index < -0.39 is 5.97 Å². The number of allylic oxidation sites excluding steroid dienone is 1. The minimum Gasteiger partial charge on any atom is -0.478 e. The second-order valence-electron chi connectivity index (χ2n) is 2.97. The number of aliphatic carboxylic acids is 1. The quantitative estimate of drug-likeness (QED) is 0.684. The second-order valence-corrected chi connectivity index (χ2v) is 2.97. The van der Waals surface area contributed by atoms with Gasteiger partial charge in [0, 0.05) is 7.11 Å². The van der Waals surface area contributed by atoms with Gasteiger partial charge < -0.3 is 9.84 Å². The molecule has 0 saturated heterocycles. The molecule has 12 heavy (non-hydrogen) atoms. The molecular weight excluding hydrogens is 156 g/mol. The van der Waals surface area contributed by atoms with Crippen LogP contribution in [0.5, 0.6) is 0 Å². The molecule has 1 aliphatic rings. The summed E-state index contributed by atoms with van der Waals surface area (Å²) in [7, 11) is 1.56. The SMILES string of the molecule is COC1CCCCC=C1C(=O)O. The van der Waals surface area contributed by atoms with Crippen LogP contribution in [0.4, 0.5) is 0 Å². The number of methoxy groups -OCH3 is 1. The molecule has 0 heterocycles. The molecule has 0 aliphatic heterocycles. The third-order valence-corrected chi connectivity index (χ3v) is 2.16. The molecule has 0 bridgehead atoms. The lowest BCUT2D eigenvalue weighted by molar-refractivity contribution is -0.134. The first-order valence-electron chi connectivity index (χ1n) is 4.22. The number of ether oxygens (including phenoxy) is 1. The van der Waals surface area contributed by atoms with E-state index in [2.05, 4.69) is 0 Å². The zero-order valence-corrected chi connectivity index (χ0v) is 7.25. The fraction of sp³-hybridized carbons (Fsp3) is 0.667. The Kier molecular flexibility index (Phi) is 3.29. The third kappa shape index (κ3) is 2.08. The first kappa shape index (κ1) is 9.26. The van der Waals surface area contributed by atoms with E-state index in [0.717, 1.165) is 25.7 Å². The Morgan fingerprint density at radius 2 is 2.42 bits per heavy atom. The molecule has 3 nitrogen and oxygen atoms in total. The van der Waals surface area contributed by atoms with Gasteiger partial charge in [-0.15, -0.1) is 0 Å². The van der Waals surface area contributed by atoms with Crippen molar-refractivity contribution in [3.8, 4) is 0 Å². The van der Waals surface area contributed by atoms with Crippen LogP contribution < -0.4 is 0 Å². The Morgan fingerprint density at radius 1 is 1.67 bits per heavy atom. The van der Waals surface area contributed by atoms with E-state index in [0.29, 0.717) is 5.57 Å². The summed E-state index contributed by atoms with van der Waals surface area (Å²) in [4.78, 5) is 10.7. The van der Waals surface area contributed by atoms with Crippen LogP contribution in [-0.4, -0.2) is 24.3 Å². The Morgan fingerprint density at radius 3 is 3.00 bits per heavy atom. The lowest BCUT2D eigenvalue weighted by Crippen LogP contribution is -2.19. The number of carboxylic acids is 1. The van der Waals surface area contributed by atoms with Gasteiger partial charge in [-0.05, 0) is 19.3 Å². The van der Waals surface area contributed by atoms with Gasteiger partial charge in [0.25, 0.3) is 0 Å². The summed E-state index contributed by atoms with van der Waals surface area (Å²) in [5, 5.41) is 8.82. The number of hydrogen-bond acceptors (Lipinski definition) is 2. The van der Waals surface area contributed by atoms with Gasteiger partial charge in [0.1, 0.15) is 0 Å². The highest BCUT2D eigenvalue weighted by molar-refractivity contribution is 5.87. The van der Waals surface area contributed by atoms with Crippen molar-refractivity contribution >= 4 is 5.97 Å². The van der Waals surface area contributed by atoms with E-state index in [-0.39, 0.29) is 6.10 Å². The highest BCUT2D eigenvalue weighted by Crippen LogP contribution is 2.20. The van der Waals surface area contributed by atoms with Gasteiger partial charge in [-0.2, -0.15) is 0 Å². The molecule has 1 N–H and O–H groups in total. The van der Waals surface area contributed by atoms with E-state index in [1.807, 2.05) is 0 Å². The zero-order valence-electron chi connectivity index (χ0n) is 7.25. The maximum atomic E-state index is 10.7. The molecule has 0 aromatic rings. The Bertz CT molecular complexity index is 196. The second kappa shape index (κ2) is 4.26. The van der Waals surface area contributed by atoms with Crippen LogP contribution >= 0.6 is 0 Å². The monoisotopic (exact) mass is 170 g/mol. The highest BCUT2D eigenvalue weighted by atomic mass is 16.5. The fourth-order valence-electron chi connectivity index (χ4n) is 1.49. The standard InChI is InChI=1S/C9H14O3/c1-12-8-6-4-2-3-5-7(8)9(10)11/h5,8H,2-4,6H2,1H3,(H,10,11). The van der Waals surface area contributed by atoms with Crippen LogP contribution in [0.2, 0.25) is 0 Å². The first-order valence-corrected chi connectivity index (χ1v) is 4.22. The molecule has 3 heteroatoms. The molecule has 0 aromatic carbocycles. The molecule has 68 valence electrons. The zero-order chi connectivity index (χ0) is 8.97. The van der Waals surface area contributed by atoms with Crippen molar-refractivity contribution < 1.29 is 14.6 Å². The van der Waals surface area contributed by atoms with Crippen LogP contribution in [0.25, 0.3) is 0 Å². The van der Waals surface area contributed by atoms with Crippen molar-refractivity contribution in [2.45, 2.75) is 31.8 Å². The number of hydrogen-bond donors (Lipinski definition) is 1. The van der Waals surface area contributed by atoms with Gasteiger partial charge in [0.2, 0.25) is 0 Å². The van der Waals surface area contributed by atoms with Gasteiger partial charge in [-0.1, -0.05) is 12.5 Å². The van der Waals surface area contributed by atoms with Crippen LogP contribution in [0, 0.1) is 0 Å². The third-order valence-electron chi connectivity index (χ3n) is 2.16. The average Bonchev–Trinajstić information content (AvgIpc) is 2.27. The molecule has 0 saturated carbocycles. The van der Waals surface area contributed by atoms with Gasteiger partial charge in [0.15, 0.2) is 0 Å². The van der Waals surface area contributed by atoms with Crippen LogP contribution in [0.1, 0.15) is 25.7 Å². The lowest BCUT2D eigenvalue weighted by Gasteiger charge is -2.13. The van der Waals surface area contributed by atoms with Crippen molar-refractivity contribution in [3.63, 3.8) is 0 Å². The summed E-state index contributed by atoms with van der Waals surface area (Å²) in [6.45, 7) is 0. The first-order chi connectivity index (χ1) is 5.75. The predicted octanol–water partition coefficient (Wildman–Crippen LogP) is 1.59. The maximum absolute atomic E-state index is 10.7. The molecule has 0 amide bonds. The van der Waals surface area contributed by atoms with Crippen molar-refractivity contribution in [2.24, 2.45) is 0 Å². The summed E-state index contributed by atoms with van der Waals surface area (Å²) in [5.74, 6) is -0.844. The maximum Gasteiger partial charge on any atom is 0.333 e. The normalized spacial score (nSPS) is 24.4. The largest absolute Gasteiger partial charge is 0.478 e. The summed E-state index contributed by atoms with van der Waals surface area (Å²) in [5.41, 5.74) is 0.426. The number of carbonyl (C=O) groups is 1. The topological polar surface area (TPSA) is 46.5 Å². The van der Waals surface area contributed by atoms with Gasteiger partial charge in [0.05, 0.1) is 11.7 Å². The number of rotatable bonds is 2. The Hall–Kier alpha value is -0.830. The molecule has 1 atom stereocenters. The summed E-state index contributed by atoms with van der Waals surface area (Å²) < 4.78 is 5.10. The molecule has 1 unspecified atom stereocenters. The highest BCUT2D eigenvalue weighted by Gasteiger charge is 2.20. The van der Waals surface area contributed by atoms with Crippen molar-refractivity contribution in [1.82, 2.24) is 0 Å².